The van der Waals surface area contributed by atoms with Crippen molar-refractivity contribution < 1.29 is 22.7 Å². The molecule has 1 unspecified atom stereocenters. The second kappa shape index (κ2) is 5.46. The molecule has 0 radical (unpaired) electrons. The topological polar surface area (TPSA) is 23.5 Å². The first kappa shape index (κ1) is 14.3. The number of benzene rings is 1. The molecule has 1 aliphatic rings. The third-order valence-electron chi connectivity index (χ3n) is 3.32. The Morgan fingerprint density at radius 2 is 2.00 bits per heavy atom. The van der Waals surface area contributed by atoms with Gasteiger partial charge in [-0.3, -0.25) is 4.90 Å². The van der Waals surface area contributed by atoms with E-state index in [2.05, 4.69) is 0 Å². The monoisotopic (exact) mass is 277 g/mol. The van der Waals surface area contributed by atoms with E-state index in [9.17, 15) is 22.7 Å². The summed E-state index contributed by atoms with van der Waals surface area (Å²) in [6.07, 6.45) is -5.31. The number of hydrogen-bond donors (Lipinski definition) is 1. The molecule has 0 amide bonds. The predicted octanol–water partition coefficient (Wildman–Crippen LogP) is 2.83. The van der Waals surface area contributed by atoms with E-state index >= 15 is 0 Å². The largest absolute Gasteiger partial charge is 0.387 e. The first-order chi connectivity index (χ1) is 8.90. The van der Waals surface area contributed by atoms with Crippen LogP contribution in [0.1, 0.15) is 23.7 Å². The molecule has 106 valence electrons. The highest BCUT2D eigenvalue weighted by Crippen LogP contribution is 2.30. The SMILES string of the molecule is OC1CN(CCC(F)(F)C(F)F)Cc2ccccc21. The molecule has 19 heavy (non-hydrogen) atoms. The van der Waals surface area contributed by atoms with Gasteiger partial charge < -0.3 is 5.11 Å². The lowest BCUT2D eigenvalue weighted by molar-refractivity contribution is -0.136. The fraction of sp³-hybridized carbons (Fsp3) is 0.538. The Morgan fingerprint density at radius 3 is 2.68 bits per heavy atom. The molecule has 1 aromatic carbocycles. The highest BCUT2D eigenvalue weighted by molar-refractivity contribution is 5.31. The van der Waals surface area contributed by atoms with Crippen LogP contribution in [-0.2, 0) is 6.54 Å². The van der Waals surface area contributed by atoms with Crippen LogP contribution in [-0.4, -0.2) is 35.4 Å². The van der Waals surface area contributed by atoms with Crippen LogP contribution in [0.2, 0.25) is 0 Å². The van der Waals surface area contributed by atoms with Crippen LogP contribution in [0.25, 0.3) is 0 Å². The second-order valence-corrected chi connectivity index (χ2v) is 4.76. The van der Waals surface area contributed by atoms with Crippen LogP contribution >= 0.6 is 0 Å². The zero-order valence-electron chi connectivity index (χ0n) is 10.2. The third kappa shape index (κ3) is 3.25. The van der Waals surface area contributed by atoms with E-state index in [0.29, 0.717) is 6.54 Å². The van der Waals surface area contributed by atoms with Crippen LogP contribution < -0.4 is 0 Å². The molecule has 0 fully saturated rings. The molecule has 6 heteroatoms. The normalized spacial score (nSPS) is 20.6. The summed E-state index contributed by atoms with van der Waals surface area (Å²) in [6.45, 7) is 0.422. The van der Waals surface area contributed by atoms with Gasteiger partial charge >= 0.3 is 12.3 Å². The zero-order chi connectivity index (χ0) is 14.0. The van der Waals surface area contributed by atoms with Crippen LogP contribution in [0.4, 0.5) is 17.6 Å². The zero-order valence-corrected chi connectivity index (χ0v) is 10.2. The quantitative estimate of drug-likeness (QED) is 0.855. The maximum Gasteiger partial charge on any atom is 0.308 e. The molecule has 0 saturated heterocycles. The smallest absolute Gasteiger partial charge is 0.308 e. The molecule has 1 atom stereocenters. The molecule has 1 aliphatic heterocycles. The Kier molecular flexibility index (Phi) is 4.10. The molecule has 1 aromatic rings. The molecule has 1 N–H and O–H groups in total. The lowest BCUT2D eigenvalue weighted by atomic mass is 9.97. The Morgan fingerprint density at radius 1 is 1.32 bits per heavy atom. The van der Waals surface area contributed by atoms with Crippen molar-refractivity contribution in [3.05, 3.63) is 35.4 Å². The number of halogens is 4. The number of β-amino-alcohol motifs (C(OH)–C–C–N with tert-alkyl or cyclic N) is 1. The number of rotatable bonds is 4. The molecule has 0 bridgehead atoms. The predicted molar refractivity (Wildman–Crippen MR) is 62.2 cm³/mol. The van der Waals surface area contributed by atoms with Crippen molar-refractivity contribution in [2.75, 3.05) is 13.1 Å². The molecule has 0 aliphatic carbocycles. The fourth-order valence-electron chi connectivity index (χ4n) is 2.24. The Balaban J connectivity index is 1.98. The summed E-state index contributed by atoms with van der Waals surface area (Å²) in [5, 5.41) is 9.89. The van der Waals surface area contributed by atoms with Crippen molar-refractivity contribution in [3.8, 4) is 0 Å². The maximum absolute atomic E-state index is 12.9. The summed E-state index contributed by atoms with van der Waals surface area (Å²) >= 11 is 0. The van der Waals surface area contributed by atoms with Crippen molar-refractivity contribution in [2.45, 2.75) is 31.4 Å². The van der Waals surface area contributed by atoms with Gasteiger partial charge in [0.2, 0.25) is 0 Å². The Bertz CT molecular complexity index is 438. The molecular weight excluding hydrogens is 262 g/mol. The van der Waals surface area contributed by atoms with Crippen LogP contribution in [0.15, 0.2) is 24.3 Å². The Hall–Kier alpha value is -1.14. The molecule has 2 rings (SSSR count). The second-order valence-electron chi connectivity index (χ2n) is 4.76. The first-order valence-electron chi connectivity index (χ1n) is 6.04. The van der Waals surface area contributed by atoms with Gasteiger partial charge in [-0.05, 0) is 11.1 Å². The molecule has 0 saturated carbocycles. The first-order valence-corrected chi connectivity index (χ1v) is 6.04. The van der Waals surface area contributed by atoms with E-state index in [1.165, 1.54) is 0 Å². The average Bonchev–Trinajstić information content (AvgIpc) is 2.36. The van der Waals surface area contributed by atoms with E-state index in [1.54, 1.807) is 29.2 Å². The van der Waals surface area contributed by atoms with Crippen LogP contribution in [0.5, 0.6) is 0 Å². The fourth-order valence-corrected chi connectivity index (χ4v) is 2.24. The minimum atomic E-state index is -3.97. The molecule has 0 spiro atoms. The molecule has 2 nitrogen and oxygen atoms in total. The van der Waals surface area contributed by atoms with E-state index in [1.807, 2.05) is 0 Å². The van der Waals surface area contributed by atoms with E-state index in [-0.39, 0.29) is 13.1 Å². The summed E-state index contributed by atoms with van der Waals surface area (Å²) < 4.78 is 49.8. The van der Waals surface area contributed by atoms with E-state index in [4.69, 9.17) is 0 Å². The summed E-state index contributed by atoms with van der Waals surface area (Å²) in [5.74, 6) is -3.97. The van der Waals surface area contributed by atoms with Gasteiger partial charge in [-0.1, -0.05) is 24.3 Å². The van der Waals surface area contributed by atoms with E-state index in [0.717, 1.165) is 11.1 Å². The number of aliphatic hydroxyl groups excluding tert-OH is 1. The van der Waals surface area contributed by atoms with Gasteiger partial charge in [-0.25, -0.2) is 17.6 Å². The summed E-state index contributed by atoms with van der Waals surface area (Å²) in [4.78, 5) is 1.57. The van der Waals surface area contributed by atoms with Crippen molar-refractivity contribution in [2.24, 2.45) is 0 Å². The van der Waals surface area contributed by atoms with Crippen molar-refractivity contribution in [1.29, 1.82) is 0 Å². The summed E-state index contributed by atoms with van der Waals surface area (Å²) in [7, 11) is 0. The van der Waals surface area contributed by atoms with Gasteiger partial charge in [0.15, 0.2) is 0 Å². The minimum Gasteiger partial charge on any atom is -0.387 e. The number of fused-ring (bicyclic) bond motifs is 1. The highest BCUT2D eigenvalue weighted by Gasteiger charge is 2.40. The third-order valence-corrected chi connectivity index (χ3v) is 3.32. The average molecular weight is 277 g/mol. The Labute approximate surface area is 108 Å². The van der Waals surface area contributed by atoms with Crippen molar-refractivity contribution in [1.82, 2.24) is 4.90 Å². The highest BCUT2D eigenvalue weighted by atomic mass is 19.3. The minimum absolute atomic E-state index is 0.164. The molecular formula is C13H15F4NO. The van der Waals surface area contributed by atoms with Crippen LogP contribution in [0, 0.1) is 0 Å². The lowest BCUT2D eigenvalue weighted by Crippen LogP contribution is -2.38. The lowest BCUT2D eigenvalue weighted by Gasteiger charge is -2.32. The van der Waals surface area contributed by atoms with Crippen LogP contribution in [0.3, 0.4) is 0 Å². The maximum atomic E-state index is 12.9. The number of nitrogens with zero attached hydrogens (tertiary/aromatic N) is 1. The summed E-state index contributed by atoms with van der Waals surface area (Å²) in [6, 6.07) is 7.17. The van der Waals surface area contributed by atoms with Crippen molar-refractivity contribution in [3.63, 3.8) is 0 Å². The van der Waals surface area contributed by atoms with Gasteiger partial charge in [0.05, 0.1) is 6.10 Å². The summed E-state index contributed by atoms with van der Waals surface area (Å²) in [5.41, 5.74) is 1.63. The molecule has 0 aromatic heterocycles. The van der Waals surface area contributed by atoms with Gasteiger partial charge in [0.25, 0.3) is 0 Å². The van der Waals surface area contributed by atoms with Gasteiger partial charge in [-0.2, -0.15) is 0 Å². The van der Waals surface area contributed by atoms with Crippen molar-refractivity contribution >= 4 is 0 Å². The van der Waals surface area contributed by atoms with Gasteiger partial charge in [-0.15, -0.1) is 0 Å². The van der Waals surface area contributed by atoms with E-state index < -0.39 is 24.9 Å². The standard InChI is InChI=1S/C13H15F4NO/c14-12(15)13(16,17)5-6-18-7-9-3-1-2-4-10(9)11(19)8-18/h1-4,11-12,19H,5-8H2. The van der Waals surface area contributed by atoms with Gasteiger partial charge in [0.1, 0.15) is 0 Å². The molecule has 1 heterocycles. The van der Waals surface area contributed by atoms with Gasteiger partial charge in [0, 0.05) is 26.1 Å². The number of aliphatic hydroxyl groups is 1. The number of hydrogen-bond acceptors (Lipinski definition) is 2. The number of alkyl halides is 4.